The topological polar surface area (TPSA) is 44.8 Å². The molecule has 0 bridgehead atoms. The highest BCUT2D eigenvalue weighted by Gasteiger charge is 2.20. The fourth-order valence-electron chi connectivity index (χ4n) is 5.08. The molecule has 0 amide bonds. The summed E-state index contributed by atoms with van der Waals surface area (Å²) >= 11 is 1.91. The van der Waals surface area contributed by atoms with Gasteiger partial charge in [-0.15, -0.1) is 11.8 Å². The Morgan fingerprint density at radius 1 is 0.634 bits per heavy atom. The average molecular weight is 583 g/mol. The molecule has 0 aromatic heterocycles. The molecule has 0 aliphatic rings. The fraction of sp³-hybridized carbons (Fsp3) is 0.583. The zero-order valence-corrected chi connectivity index (χ0v) is 27.0. The predicted molar refractivity (Wildman–Crippen MR) is 176 cm³/mol. The van der Waals surface area contributed by atoms with Crippen LogP contribution in [-0.4, -0.2) is 32.9 Å². The predicted octanol–water partition coefficient (Wildman–Crippen LogP) is 11.0. The summed E-state index contributed by atoms with van der Waals surface area (Å²) < 4.78 is 16.2. The number of ketones is 1. The molecular weight excluding hydrogens is 528 g/mol. The molecule has 0 aliphatic carbocycles. The van der Waals surface area contributed by atoms with Gasteiger partial charge in [-0.3, -0.25) is 4.79 Å². The van der Waals surface area contributed by atoms with Crippen molar-refractivity contribution >= 4 is 23.6 Å². The molecule has 2 rings (SSSR count). The fourth-order valence-corrected chi connectivity index (χ4v) is 6.00. The molecule has 5 heteroatoms. The molecule has 0 saturated carbocycles. The Morgan fingerprint density at radius 2 is 1.12 bits per heavy atom. The molecule has 0 N–H and O–H groups in total. The van der Waals surface area contributed by atoms with E-state index >= 15 is 0 Å². The third-order valence-corrected chi connectivity index (χ3v) is 8.65. The van der Waals surface area contributed by atoms with E-state index in [1.54, 1.807) is 25.3 Å². The van der Waals surface area contributed by atoms with E-state index in [-0.39, 0.29) is 5.78 Å². The van der Waals surface area contributed by atoms with Gasteiger partial charge in [-0.05, 0) is 48.1 Å². The first-order chi connectivity index (χ1) is 20.1. The molecule has 4 nitrogen and oxygen atoms in total. The average Bonchev–Trinajstić information content (AvgIpc) is 3.01. The van der Waals surface area contributed by atoms with Crippen molar-refractivity contribution in [3.05, 3.63) is 53.6 Å². The molecule has 0 unspecified atom stereocenters. The Kier molecular flexibility index (Phi) is 18.9. The molecule has 0 heterocycles. The van der Waals surface area contributed by atoms with E-state index in [1.807, 2.05) is 17.8 Å². The van der Waals surface area contributed by atoms with E-state index in [4.69, 9.17) is 14.2 Å². The Hall–Kier alpha value is -2.40. The lowest BCUT2D eigenvalue weighted by molar-refractivity contribution is 0.104. The summed E-state index contributed by atoms with van der Waals surface area (Å²) in [5, 5.41) is 0. The van der Waals surface area contributed by atoms with Crippen LogP contribution in [0, 0.1) is 0 Å². The number of unbranched alkanes of at least 4 members (excludes halogenated alkanes) is 15. The van der Waals surface area contributed by atoms with Gasteiger partial charge in [-0.2, -0.15) is 0 Å². The van der Waals surface area contributed by atoms with Gasteiger partial charge in [0.15, 0.2) is 17.3 Å². The zero-order chi connectivity index (χ0) is 29.5. The summed E-state index contributed by atoms with van der Waals surface area (Å²) in [6.45, 7) is 2.29. The number of carbonyl (C=O) groups excluding carboxylic acids is 1. The summed E-state index contributed by atoms with van der Waals surface area (Å²) in [4.78, 5) is 14.3. The van der Waals surface area contributed by atoms with Crippen LogP contribution in [0.25, 0.3) is 6.08 Å². The van der Waals surface area contributed by atoms with Gasteiger partial charge in [0, 0.05) is 4.90 Å². The summed E-state index contributed by atoms with van der Waals surface area (Å²) in [6, 6.07) is 11.8. The van der Waals surface area contributed by atoms with E-state index in [1.165, 1.54) is 122 Å². The monoisotopic (exact) mass is 582 g/mol. The summed E-state index contributed by atoms with van der Waals surface area (Å²) in [6.07, 6.45) is 25.8. The smallest absolute Gasteiger partial charge is 0.193 e. The molecule has 2 aromatic rings. The van der Waals surface area contributed by atoms with Crippen LogP contribution >= 0.6 is 11.8 Å². The summed E-state index contributed by atoms with van der Waals surface area (Å²) in [5.41, 5.74) is 1.34. The van der Waals surface area contributed by atoms with Gasteiger partial charge in [-0.1, -0.05) is 121 Å². The van der Waals surface area contributed by atoms with Crippen LogP contribution in [-0.2, 0) is 0 Å². The van der Waals surface area contributed by atoms with Gasteiger partial charge in [0.25, 0.3) is 0 Å². The lowest BCUT2D eigenvalue weighted by Gasteiger charge is -2.14. The van der Waals surface area contributed by atoms with Gasteiger partial charge >= 0.3 is 0 Å². The number of allylic oxidation sites excluding steroid dienone is 1. The van der Waals surface area contributed by atoms with Crippen molar-refractivity contribution in [1.82, 2.24) is 0 Å². The first-order valence-corrected chi connectivity index (χ1v) is 16.9. The van der Waals surface area contributed by atoms with Gasteiger partial charge in [0.2, 0.25) is 0 Å². The van der Waals surface area contributed by atoms with Crippen LogP contribution in [0.3, 0.4) is 0 Å². The highest BCUT2D eigenvalue weighted by Crippen LogP contribution is 2.38. The Bertz CT molecular complexity index is 999. The van der Waals surface area contributed by atoms with Crippen LogP contribution in [0.1, 0.15) is 126 Å². The van der Waals surface area contributed by atoms with Gasteiger partial charge in [-0.25, -0.2) is 0 Å². The maximum atomic E-state index is 13.0. The highest BCUT2D eigenvalue weighted by molar-refractivity contribution is 7.99. The second-order valence-corrected chi connectivity index (χ2v) is 12.0. The van der Waals surface area contributed by atoms with Crippen molar-refractivity contribution in [2.45, 2.75) is 115 Å². The van der Waals surface area contributed by atoms with Crippen LogP contribution in [0.4, 0.5) is 0 Å². The third kappa shape index (κ3) is 13.9. The molecule has 228 valence electrons. The number of hydrogen-bond acceptors (Lipinski definition) is 5. The van der Waals surface area contributed by atoms with Crippen molar-refractivity contribution in [2.24, 2.45) is 0 Å². The molecule has 41 heavy (non-hydrogen) atoms. The van der Waals surface area contributed by atoms with Gasteiger partial charge < -0.3 is 14.2 Å². The molecule has 0 atom stereocenters. The van der Waals surface area contributed by atoms with Crippen molar-refractivity contribution in [3.8, 4) is 17.2 Å². The number of carbonyl (C=O) groups is 1. The lowest BCUT2D eigenvalue weighted by atomic mass is 10.0. The molecular formula is C36H54O4S. The molecule has 0 fully saturated rings. The number of methoxy groups -OCH3 is 3. The van der Waals surface area contributed by atoms with Crippen molar-refractivity contribution in [3.63, 3.8) is 0 Å². The van der Waals surface area contributed by atoms with E-state index in [0.717, 1.165) is 11.3 Å². The lowest BCUT2D eigenvalue weighted by Crippen LogP contribution is -2.04. The molecule has 0 radical (unpaired) electrons. The van der Waals surface area contributed by atoms with Gasteiger partial charge in [0.05, 0.1) is 21.3 Å². The van der Waals surface area contributed by atoms with E-state index in [9.17, 15) is 4.79 Å². The maximum absolute atomic E-state index is 13.0. The van der Waals surface area contributed by atoms with E-state index < -0.39 is 0 Å². The number of benzene rings is 2. The molecule has 0 spiro atoms. The van der Waals surface area contributed by atoms with Gasteiger partial charge in [0.1, 0.15) is 11.3 Å². The Balaban J connectivity index is 1.57. The Morgan fingerprint density at radius 3 is 1.61 bits per heavy atom. The van der Waals surface area contributed by atoms with Crippen LogP contribution < -0.4 is 14.2 Å². The second-order valence-electron chi connectivity index (χ2n) is 10.8. The van der Waals surface area contributed by atoms with Crippen molar-refractivity contribution in [2.75, 3.05) is 27.1 Å². The summed E-state index contributed by atoms with van der Waals surface area (Å²) in [5.74, 6) is 2.29. The standard InChI is InChI=1S/C36H54O4S/c1-5-6-7-8-9-10-11-12-13-14-15-16-17-18-19-20-29-41-31-24-21-30(22-25-31)23-26-32(37)35-33(38-2)27-28-34(39-3)36(35)40-4/h21-28H,5-20,29H2,1-4H3/b26-23+. The van der Waals surface area contributed by atoms with Crippen molar-refractivity contribution in [1.29, 1.82) is 0 Å². The quantitative estimate of drug-likeness (QED) is 0.0533. The summed E-state index contributed by atoms with van der Waals surface area (Å²) in [7, 11) is 4.61. The minimum atomic E-state index is -0.195. The number of thioether (sulfide) groups is 1. The first-order valence-electron chi connectivity index (χ1n) is 15.9. The highest BCUT2D eigenvalue weighted by atomic mass is 32.2. The third-order valence-electron chi connectivity index (χ3n) is 7.55. The second kappa shape index (κ2) is 22.2. The number of hydrogen-bond donors (Lipinski definition) is 0. The normalized spacial score (nSPS) is 11.2. The van der Waals surface area contributed by atoms with E-state index in [2.05, 4.69) is 31.2 Å². The maximum Gasteiger partial charge on any atom is 0.193 e. The van der Waals surface area contributed by atoms with Crippen molar-refractivity contribution < 1.29 is 19.0 Å². The number of rotatable bonds is 24. The van der Waals surface area contributed by atoms with E-state index in [0.29, 0.717) is 22.8 Å². The minimum Gasteiger partial charge on any atom is -0.496 e. The molecule has 0 saturated heterocycles. The molecule has 0 aliphatic heterocycles. The van der Waals surface area contributed by atoms with Crippen LogP contribution in [0.15, 0.2) is 47.4 Å². The van der Waals surface area contributed by atoms with Crippen LogP contribution in [0.2, 0.25) is 0 Å². The van der Waals surface area contributed by atoms with Crippen LogP contribution in [0.5, 0.6) is 17.2 Å². The minimum absolute atomic E-state index is 0.195. The zero-order valence-electron chi connectivity index (χ0n) is 26.2. The molecule has 2 aromatic carbocycles. The first kappa shape index (κ1) is 34.8. The SMILES string of the molecule is CCCCCCCCCCCCCCCCCCSc1ccc(/C=C/C(=O)c2c(OC)ccc(OC)c2OC)cc1. The largest absolute Gasteiger partial charge is 0.496 e. The Labute approximate surface area is 254 Å². The number of ether oxygens (including phenoxy) is 3.